The SMILES string of the molecule is CC(=O)Oc1ccc2cccc3c2c1C(C)=C3C. The topological polar surface area (TPSA) is 26.3 Å². The maximum Gasteiger partial charge on any atom is 0.308 e. The van der Waals surface area contributed by atoms with Gasteiger partial charge in [-0.25, -0.2) is 0 Å². The molecule has 3 rings (SSSR count). The van der Waals surface area contributed by atoms with Gasteiger partial charge in [-0.2, -0.15) is 0 Å². The first kappa shape index (κ1) is 11.0. The van der Waals surface area contributed by atoms with E-state index >= 15 is 0 Å². The predicted octanol–water partition coefficient (Wildman–Crippen LogP) is 4.03. The molecule has 2 aromatic carbocycles. The van der Waals surface area contributed by atoms with Crippen molar-refractivity contribution in [3.63, 3.8) is 0 Å². The highest BCUT2D eigenvalue weighted by atomic mass is 16.5. The van der Waals surface area contributed by atoms with Crippen molar-refractivity contribution in [3.8, 4) is 5.75 Å². The maximum absolute atomic E-state index is 11.2. The summed E-state index contributed by atoms with van der Waals surface area (Å²) in [5, 5.41) is 2.39. The summed E-state index contributed by atoms with van der Waals surface area (Å²) in [6.45, 7) is 5.63. The molecule has 2 nitrogen and oxygen atoms in total. The molecule has 2 aromatic rings. The number of hydrogen-bond acceptors (Lipinski definition) is 2. The summed E-state index contributed by atoms with van der Waals surface area (Å²) in [6, 6.07) is 10.2. The van der Waals surface area contributed by atoms with E-state index in [-0.39, 0.29) is 5.97 Å². The molecule has 0 spiro atoms. The van der Waals surface area contributed by atoms with Crippen molar-refractivity contribution in [3.05, 3.63) is 41.5 Å². The van der Waals surface area contributed by atoms with Crippen LogP contribution in [-0.4, -0.2) is 5.97 Å². The molecule has 0 aliphatic heterocycles. The molecule has 0 saturated heterocycles. The molecule has 1 aliphatic carbocycles. The lowest BCUT2D eigenvalue weighted by molar-refractivity contribution is -0.131. The highest BCUT2D eigenvalue weighted by molar-refractivity contribution is 6.14. The van der Waals surface area contributed by atoms with Gasteiger partial charge in [0.25, 0.3) is 0 Å². The number of esters is 1. The van der Waals surface area contributed by atoms with E-state index in [1.807, 2.05) is 12.1 Å². The number of rotatable bonds is 1. The predicted molar refractivity (Wildman–Crippen MR) is 73.4 cm³/mol. The molecule has 0 heterocycles. The third-order valence-corrected chi connectivity index (χ3v) is 3.60. The monoisotopic (exact) mass is 238 g/mol. The van der Waals surface area contributed by atoms with Crippen molar-refractivity contribution in [1.29, 1.82) is 0 Å². The molecule has 0 amide bonds. The Kier molecular flexibility index (Phi) is 2.27. The summed E-state index contributed by atoms with van der Waals surface area (Å²) in [5.41, 5.74) is 4.76. The van der Waals surface area contributed by atoms with Gasteiger partial charge in [0.2, 0.25) is 0 Å². The van der Waals surface area contributed by atoms with Crippen LogP contribution in [0.1, 0.15) is 31.9 Å². The third kappa shape index (κ3) is 1.39. The van der Waals surface area contributed by atoms with Crippen LogP contribution in [0, 0.1) is 0 Å². The Morgan fingerprint density at radius 3 is 2.56 bits per heavy atom. The first-order chi connectivity index (χ1) is 8.59. The van der Waals surface area contributed by atoms with Crippen LogP contribution < -0.4 is 4.74 Å². The van der Waals surface area contributed by atoms with Gasteiger partial charge in [-0.15, -0.1) is 0 Å². The zero-order valence-electron chi connectivity index (χ0n) is 10.7. The van der Waals surface area contributed by atoms with E-state index in [2.05, 4.69) is 32.0 Å². The Morgan fingerprint density at radius 1 is 1.06 bits per heavy atom. The van der Waals surface area contributed by atoms with Crippen LogP contribution in [0.3, 0.4) is 0 Å². The fourth-order valence-corrected chi connectivity index (χ4v) is 2.67. The van der Waals surface area contributed by atoms with Crippen molar-refractivity contribution in [2.24, 2.45) is 0 Å². The van der Waals surface area contributed by atoms with E-state index < -0.39 is 0 Å². The average molecular weight is 238 g/mol. The molecule has 0 bridgehead atoms. The van der Waals surface area contributed by atoms with Crippen LogP contribution in [0.5, 0.6) is 5.75 Å². The second-order valence-corrected chi connectivity index (χ2v) is 4.69. The molecule has 0 aromatic heterocycles. The number of carbonyl (C=O) groups is 1. The summed E-state index contributed by atoms with van der Waals surface area (Å²) in [6.07, 6.45) is 0. The number of ether oxygens (including phenoxy) is 1. The van der Waals surface area contributed by atoms with Gasteiger partial charge in [0.1, 0.15) is 5.75 Å². The van der Waals surface area contributed by atoms with E-state index in [1.165, 1.54) is 34.4 Å². The summed E-state index contributed by atoms with van der Waals surface area (Å²) < 4.78 is 5.32. The third-order valence-electron chi connectivity index (χ3n) is 3.60. The summed E-state index contributed by atoms with van der Waals surface area (Å²) in [7, 11) is 0. The average Bonchev–Trinajstić information content (AvgIpc) is 2.59. The van der Waals surface area contributed by atoms with Gasteiger partial charge in [-0.3, -0.25) is 4.79 Å². The fourth-order valence-electron chi connectivity index (χ4n) is 2.67. The summed E-state index contributed by atoms with van der Waals surface area (Å²) >= 11 is 0. The molecule has 0 saturated carbocycles. The first-order valence-electron chi connectivity index (χ1n) is 6.02. The van der Waals surface area contributed by atoms with Gasteiger partial charge in [-0.05, 0) is 42.0 Å². The number of allylic oxidation sites excluding steroid dienone is 2. The molecule has 18 heavy (non-hydrogen) atoms. The lowest BCUT2D eigenvalue weighted by Crippen LogP contribution is -2.03. The van der Waals surface area contributed by atoms with Crippen molar-refractivity contribution >= 4 is 27.9 Å². The van der Waals surface area contributed by atoms with E-state index in [1.54, 1.807) is 0 Å². The van der Waals surface area contributed by atoms with Crippen LogP contribution >= 0.6 is 0 Å². The van der Waals surface area contributed by atoms with Crippen LogP contribution in [-0.2, 0) is 4.79 Å². The normalized spacial score (nSPS) is 13.3. The Morgan fingerprint density at radius 2 is 1.83 bits per heavy atom. The van der Waals surface area contributed by atoms with Crippen LogP contribution in [0.25, 0.3) is 21.9 Å². The Hall–Kier alpha value is -2.09. The second-order valence-electron chi connectivity index (χ2n) is 4.69. The molecule has 0 atom stereocenters. The maximum atomic E-state index is 11.2. The Labute approximate surface area is 106 Å². The molecule has 0 fully saturated rings. The molecule has 0 N–H and O–H groups in total. The van der Waals surface area contributed by atoms with Gasteiger partial charge < -0.3 is 4.74 Å². The highest BCUT2D eigenvalue weighted by Gasteiger charge is 2.22. The number of hydrogen-bond donors (Lipinski definition) is 0. The van der Waals surface area contributed by atoms with Crippen molar-refractivity contribution in [2.45, 2.75) is 20.8 Å². The molecule has 0 unspecified atom stereocenters. The Bertz CT molecular complexity index is 708. The molecular weight excluding hydrogens is 224 g/mol. The first-order valence-corrected chi connectivity index (χ1v) is 6.02. The smallest absolute Gasteiger partial charge is 0.308 e. The van der Waals surface area contributed by atoms with Crippen LogP contribution in [0.15, 0.2) is 30.3 Å². The molecule has 1 aliphatic rings. The zero-order chi connectivity index (χ0) is 12.9. The molecule has 90 valence electrons. The van der Waals surface area contributed by atoms with Gasteiger partial charge in [-0.1, -0.05) is 24.3 Å². The largest absolute Gasteiger partial charge is 0.426 e. The van der Waals surface area contributed by atoms with Crippen LogP contribution in [0.4, 0.5) is 0 Å². The minimum absolute atomic E-state index is 0.277. The second kappa shape index (κ2) is 3.70. The van der Waals surface area contributed by atoms with Gasteiger partial charge >= 0.3 is 5.97 Å². The van der Waals surface area contributed by atoms with Crippen molar-refractivity contribution in [1.82, 2.24) is 0 Å². The van der Waals surface area contributed by atoms with Gasteiger partial charge in [0, 0.05) is 17.9 Å². The van der Waals surface area contributed by atoms with Crippen LogP contribution in [0.2, 0.25) is 0 Å². The lowest BCUT2D eigenvalue weighted by atomic mass is 10.0. The van der Waals surface area contributed by atoms with Crippen molar-refractivity contribution < 1.29 is 9.53 Å². The fraction of sp³-hybridized carbons (Fsp3) is 0.188. The molecular formula is C16H14O2. The molecule has 2 heteroatoms. The quantitative estimate of drug-likeness (QED) is 0.554. The number of carbonyl (C=O) groups excluding carboxylic acids is 1. The van der Waals surface area contributed by atoms with E-state index in [0.29, 0.717) is 5.75 Å². The standard InChI is InChI=1S/C16H14O2/c1-9-10(2)15-14(18-11(3)17)8-7-12-5-4-6-13(9)16(12)15/h4-8H,1-3H3. The summed E-state index contributed by atoms with van der Waals surface area (Å²) in [5.74, 6) is 0.386. The summed E-state index contributed by atoms with van der Waals surface area (Å²) in [4.78, 5) is 11.2. The van der Waals surface area contributed by atoms with E-state index in [0.717, 1.165) is 5.56 Å². The van der Waals surface area contributed by atoms with Gasteiger partial charge in [0.15, 0.2) is 0 Å². The number of benzene rings is 2. The Balaban J connectivity index is 2.38. The zero-order valence-corrected chi connectivity index (χ0v) is 10.7. The minimum Gasteiger partial charge on any atom is -0.426 e. The van der Waals surface area contributed by atoms with E-state index in [9.17, 15) is 4.79 Å². The van der Waals surface area contributed by atoms with Crippen molar-refractivity contribution in [2.75, 3.05) is 0 Å². The lowest BCUT2D eigenvalue weighted by Gasteiger charge is -2.09. The highest BCUT2D eigenvalue weighted by Crippen LogP contribution is 2.45. The van der Waals surface area contributed by atoms with Gasteiger partial charge in [0.05, 0.1) is 0 Å². The minimum atomic E-state index is -0.277. The van der Waals surface area contributed by atoms with E-state index in [4.69, 9.17) is 4.74 Å². The molecule has 0 radical (unpaired) electrons.